The molecule has 0 saturated carbocycles. The number of likely N-dealkylation sites (tertiary alicyclic amines) is 1. The van der Waals surface area contributed by atoms with Crippen molar-refractivity contribution in [1.82, 2.24) is 10.2 Å². The summed E-state index contributed by atoms with van der Waals surface area (Å²) in [6.45, 7) is 9.70. The molecule has 0 aromatic carbocycles. The third-order valence-corrected chi connectivity index (χ3v) is 4.50. The molecule has 0 spiro atoms. The first-order valence-electron chi connectivity index (χ1n) is 7.48. The molecule has 0 aromatic heterocycles. The summed E-state index contributed by atoms with van der Waals surface area (Å²) in [5.74, 6) is 0.654. The molecule has 20 heavy (non-hydrogen) atoms. The predicted molar refractivity (Wildman–Crippen MR) is 79.8 cm³/mol. The van der Waals surface area contributed by atoms with E-state index in [0.717, 1.165) is 19.4 Å². The Morgan fingerprint density at radius 3 is 2.75 bits per heavy atom. The Labute approximate surface area is 122 Å². The van der Waals surface area contributed by atoms with Crippen LogP contribution in [0.1, 0.15) is 40.5 Å². The number of hydrogen-bond donors (Lipinski definition) is 2. The molecule has 5 heteroatoms. The van der Waals surface area contributed by atoms with Crippen LogP contribution in [0.2, 0.25) is 0 Å². The number of nitrogens with one attached hydrogen (secondary N) is 1. The second-order valence-electron chi connectivity index (χ2n) is 6.51. The molecule has 3 unspecified atom stereocenters. The van der Waals surface area contributed by atoms with Crippen LogP contribution in [-0.2, 0) is 4.79 Å². The van der Waals surface area contributed by atoms with Gasteiger partial charge in [0, 0.05) is 12.6 Å². The number of hydrogen-bond acceptors (Lipinski definition) is 4. The fourth-order valence-electron chi connectivity index (χ4n) is 2.57. The first kappa shape index (κ1) is 16.9. The lowest BCUT2D eigenvalue weighted by Gasteiger charge is -2.38. The maximum Gasteiger partial charge on any atom is 0.235 e. The van der Waals surface area contributed by atoms with Crippen molar-refractivity contribution in [1.29, 1.82) is 5.26 Å². The standard InChI is InChI=1S/C15H28N4O/c1-11(2)15(4,10-17)18-14(20)9-19-6-5-12(3)7-13(19)8-16/h11-13H,5-9,16H2,1-4H3,(H,18,20). The topological polar surface area (TPSA) is 82.2 Å². The summed E-state index contributed by atoms with van der Waals surface area (Å²) in [4.78, 5) is 14.3. The second kappa shape index (κ2) is 7.05. The smallest absolute Gasteiger partial charge is 0.235 e. The van der Waals surface area contributed by atoms with Crippen molar-refractivity contribution >= 4 is 5.91 Å². The van der Waals surface area contributed by atoms with Crippen LogP contribution in [0.5, 0.6) is 0 Å². The Balaban J connectivity index is 2.60. The van der Waals surface area contributed by atoms with E-state index in [-0.39, 0.29) is 17.9 Å². The van der Waals surface area contributed by atoms with Gasteiger partial charge >= 0.3 is 0 Å². The molecule has 1 saturated heterocycles. The van der Waals surface area contributed by atoms with Crippen molar-refractivity contribution in [2.45, 2.75) is 52.1 Å². The Kier molecular flexibility index (Phi) is 5.97. The molecule has 0 aromatic rings. The number of rotatable bonds is 5. The number of nitrogens with two attached hydrogens (primary N) is 1. The molecule has 3 atom stereocenters. The zero-order valence-electron chi connectivity index (χ0n) is 13.1. The maximum atomic E-state index is 12.2. The van der Waals surface area contributed by atoms with Crippen molar-refractivity contribution in [2.75, 3.05) is 19.6 Å². The van der Waals surface area contributed by atoms with Crippen molar-refractivity contribution in [3.63, 3.8) is 0 Å². The molecule has 3 N–H and O–H groups in total. The van der Waals surface area contributed by atoms with Crippen LogP contribution in [0.3, 0.4) is 0 Å². The predicted octanol–water partition coefficient (Wildman–Crippen LogP) is 1.10. The van der Waals surface area contributed by atoms with E-state index in [9.17, 15) is 10.1 Å². The summed E-state index contributed by atoms with van der Waals surface area (Å²) in [6.07, 6.45) is 2.15. The number of carbonyl (C=O) groups is 1. The van der Waals surface area contributed by atoms with Gasteiger partial charge < -0.3 is 11.1 Å². The highest BCUT2D eigenvalue weighted by molar-refractivity contribution is 5.79. The average Bonchev–Trinajstić information content (AvgIpc) is 2.40. The monoisotopic (exact) mass is 280 g/mol. The zero-order chi connectivity index (χ0) is 15.3. The number of amides is 1. The highest BCUT2D eigenvalue weighted by atomic mass is 16.2. The largest absolute Gasteiger partial charge is 0.337 e. The molecular formula is C15H28N4O. The van der Waals surface area contributed by atoms with Gasteiger partial charge in [-0.25, -0.2) is 0 Å². The van der Waals surface area contributed by atoms with Crippen molar-refractivity contribution in [2.24, 2.45) is 17.6 Å². The first-order chi connectivity index (χ1) is 9.32. The maximum absolute atomic E-state index is 12.2. The Morgan fingerprint density at radius 1 is 1.60 bits per heavy atom. The molecule has 5 nitrogen and oxygen atoms in total. The van der Waals surface area contributed by atoms with Gasteiger partial charge in [0.2, 0.25) is 5.91 Å². The van der Waals surface area contributed by atoms with Crippen LogP contribution in [-0.4, -0.2) is 42.0 Å². The van der Waals surface area contributed by atoms with Crippen LogP contribution >= 0.6 is 0 Å². The Hall–Kier alpha value is -1.12. The molecule has 0 radical (unpaired) electrons. The number of carbonyl (C=O) groups excluding carboxylic acids is 1. The quantitative estimate of drug-likeness (QED) is 0.790. The first-order valence-corrected chi connectivity index (χ1v) is 7.48. The fraction of sp³-hybridized carbons (Fsp3) is 0.867. The van der Waals surface area contributed by atoms with Crippen LogP contribution in [0.25, 0.3) is 0 Å². The zero-order valence-corrected chi connectivity index (χ0v) is 13.1. The lowest BCUT2D eigenvalue weighted by Crippen LogP contribution is -2.55. The molecule has 0 bridgehead atoms. The SMILES string of the molecule is CC1CCN(CC(=O)NC(C)(C#N)C(C)C)C(CN)C1. The summed E-state index contributed by atoms with van der Waals surface area (Å²) in [6, 6.07) is 2.48. The van der Waals surface area contributed by atoms with Gasteiger partial charge in [-0.3, -0.25) is 9.69 Å². The van der Waals surface area contributed by atoms with Gasteiger partial charge in [-0.2, -0.15) is 5.26 Å². The number of nitrogens with zero attached hydrogens (tertiary/aromatic N) is 2. The van der Waals surface area contributed by atoms with Crippen LogP contribution < -0.4 is 11.1 Å². The van der Waals surface area contributed by atoms with Gasteiger partial charge in [0.05, 0.1) is 12.6 Å². The highest BCUT2D eigenvalue weighted by Gasteiger charge is 2.32. The summed E-state index contributed by atoms with van der Waals surface area (Å²) in [7, 11) is 0. The minimum Gasteiger partial charge on any atom is -0.337 e. The van der Waals surface area contributed by atoms with Crippen LogP contribution in [0, 0.1) is 23.2 Å². The van der Waals surface area contributed by atoms with E-state index in [4.69, 9.17) is 5.73 Å². The number of piperidine rings is 1. The van der Waals surface area contributed by atoms with Crippen molar-refractivity contribution in [3.8, 4) is 6.07 Å². The van der Waals surface area contributed by atoms with E-state index < -0.39 is 5.54 Å². The van der Waals surface area contributed by atoms with Gasteiger partial charge in [0.15, 0.2) is 0 Å². The van der Waals surface area contributed by atoms with Crippen molar-refractivity contribution in [3.05, 3.63) is 0 Å². The molecule has 1 rings (SSSR count). The molecule has 0 aliphatic carbocycles. The van der Waals surface area contributed by atoms with E-state index in [1.165, 1.54) is 0 Å². The van der Waals surface area contributed by atoms with E-state index >= 15 is 0 Å². The van der Waals surface area contributed by atoms with Gasteiger partial charge in [-0.05, 0) is 38.1 Å². The van der Waals surface area contributed by atoms with E-state index in [1.54, 1.807) is 6.92 Å². The summed E-state index contributed by atoms with van der Waals surface area (Å²) in [5, 5.41) is 12.1. The average molecular weight is 280 g/mol. The van der Waals surface area contributed by atoms with Gasteiger partial charge in [-0.15, -0.1) is 0 Å². The molecule has 1 aliphatic rings. The summed E-state index contributed by atoms with van der Waals surface area (Å²) in [5.41, 5.74) is 5.00. The summed E-state index contributed by atoms with van der Waals surface area (Å²) < 4.78 is 0. The van der Waals surface area contributed by atoms with Crippen LogP contribution in [0.4, 0.5) is 0 Å². The Morgan fingerprint density at radius 2 is 2.25 bits per heavy atom. The Bertz CT molecular complexity index is 377. The second-order valence-corrected chi connectivity index (χ2v) is 6.51. The third kappa shape index (κ3) is 4.19. The van der Waals surface area contributed by atoms with Gasteiger partial charge in [-0.1, -0.05) is 20.8 Å². The highest BCUT2D eigenvalue weighted by Crippen LogP contribution is 2.22. The molecule has 1 aliphatic heterocycles. The lowest BCUT2D eigenvalue weighted by molar-refractivity contribution is -0.124. The van der Waals surface area contributed by atoms with E-state index in [2.05, 4.69) is 23.2 Å². The fourth-order valence-corrected chi connectivity index (χ4v) is 2.57. The molecule has 1 heterocycles. The van der Waals surface area contributed by atoms with Gasteiger partial charge in [0.25, 0.3) is 0 Å². The summed E-state index contributed by atoms with van der Waals surface area (Å²) >= 11 is 0. The van der Waals surface area contributed by atoms with Gasteiger partial charge in [0.1, 0.15) is 5.54 Å². The molecule has 1 amide bonds. The molecule has 114 valence electrons. The minimum atomic E-state index is -0.807. The van der Waals surface area contributed by atoms with Crippen LogP contribution in [0.15, 0.2) is 0 Å². The normalized spacial score (nSPS) is 26.9. The third-order valence-electron chi connectivity index (χ3n) is 4.50. The van der Waals surface area contributed by atoms with E-state index in [0.29, 0.717) is 19.0 Å². The lowest BCUT2D eigenvalue weighted by atomic mass is 9.89. The van der Waals surface area contributed by atoms with E-state index in [1.807, 2.05) is 13.8 Å². The minimum absolute atomic E-state index is 0.0723. The molecular weight excluding hydrogens is 252 g/mol. The molecule has 1 fully saturated rings. The number of nitriles is 1. The van der Waals surface area contributed by atoms with Crippen molar-refractivity contribution < 1.29 is 4.79 Å².